The fraction of sp³-hybridized carbons (Fsp3) is 0.391. The molecule has 9 heteroatoms. The average molecular weight is 450 g/mol. The van der Waals surface area contributed by atoms with Gasteiger partial charge < -0.3 is 14.6 Å². The number of hydrogen-bond donors (Lipinski definition) is 1. The predicted octanol–water partition coefficient (Wildman–Crippen LogP) is 3.03. The molecule has 0 unspecified atom stereocenters. The van der Waals surface area contributed by atoms with Crippen molar-refractivity contribution >= 4 is 33.9 Å². The lowest BCUT2D eigenvalue weighted by Gasteiger charge is -2.27. The third kappa shape index (κ3) is 3.07. The molecule has 0 aliphatic carbocycles. The van der Waals surface area contributed by atoms with E-state index >= 15 is 0 Å². The van der Waals surface area contributed by atoms with Crippen LogP contribution in [0.3, 0.4) is 0 Å². The SMILES string of the molecule is Cc1cc2c(cc1C(=O)N1CCc3sccc3C1)[nH]c(=O)c1nnc(C3CCOCC3)n12. The first-order valence-corrected chi connectivity index (χ1v) is 11.8. The maximum Gasteiger partial charge on any atom is 0.294 e. The Morgan fingerprint density at radius 1 is 1.25 bits per heavy atom. The van der Waals surface area contributed by atoms with Gasteiger partial charge in [-0.1, -0.05) is 0 Å². The molecule has 5 heterocycles. The van der Waals surface area contributed by atoms with Gasteiger partial charge in [0.1, 0.15) is 5.82 Å². The zero-order valence-corrected chi connectivity index (χ0v) is 18.6. The lowest BCUT2D eigenvalue weighted by atomic mass is 9.99. The summed E-state index contributed by atoms with van der Waals surface area (Å²) in [5.74, 6) is 0.980. The molecule has 0 spiro atoms. The molecule has 0 bridgehead atoms. The fourth-order valence-electron chi connectivity index (χ4n) is 4.88. The molecule has 1 fully saturated rings. The molecule has 8 nitrogen and oxygen atoms in total. The smallest absolute Gasteiger partial charge is 0.294 e. The van der Waals surface area contributed by atoms with E-state index in [9.17, 15) is 9.59 Å². The lowest BCUT2D eigenvalue weighted by molar-refractivity contribution is 0.0735. The Morgan fingerprint density at radius 3 is 2.94 bits per heavy atom. The second-order valence-electron chi connectivity index (χ2n) is 8.59. The lowest BCUT2D eigenvalue weighted by Crippen LogP contribution is -2.35. The minimum atomic E-state index is -0.300. The molecule has 0 atom stereocenters. The van der Waals surface area contributed by atoms with Crippen LogP contribution in [-0.4, -0.2) is 50.1 Å². The maximum atomic E-state index is 13.4. The summed E-state index contributed by atoms with van der Waals surface area (Å²) in [6, 6.07) is 5.88. The Hall–Kier alpha value is -3.04. The molecule has 2 aliphatic heterocycles. The van der Waals surface area contributed by atoms with Crippen molar-refractivity contribution in [1.29, 1.82) is 0 Å². The highest BCUT2D eigenvalue weighted by Gasteiger charge is 2.26. The monoisotopic (exact) mass is 449 g/mol. The van der Waals surface area contributed by atoms with E-state index in [1.165, 1.54) is 10.4 Å². The Kier molecular flexibility index (Phi) is 4.62. The summed E-state index contributed by atoms with van der Waals surface area (Å²) < 4.78 is 7.35. The molecular formula is C23H23N5O3S. The van der Waals surface area contributed by atoms with Crippen LogP contribution in [0.15, 0.2) is 28.4 Å². The summed E-state index contributed by atoms with van der Waals surface area (Å²) in [5, 5.41) is 10.6. The number of thiophene rings is 1. The van der Waals surface area contributed by atoms with Crippen molar-refractivity contribution in [2.24, 2.45) is 0 Å². The Balaban J connectivity index is 1.45. The van der Waals surface area contributed by atoms with Crippen LogP contribution in [0.4, 0.5) is 0 Å². The first kappa shape index (κ1) is 19.6. The minimum Gasteiger partial charge on any atom is -0.381 e. The Bertz CT molecular complexity index is 1410. The van der Waals surface area contributed by atoms with Crippen LogP contribution < -0.4 is 5.56 Å². The van der Waals surface area contributed by atoms with Gasteiger partial charge in [-0.25, -0.2) is 0 Å². The van der Waals surface area contributed by atoms with Crippen molar-refractivity contribution < 1.29 is 9.53 Å². The summed E-state index contributed by atoms with van der Waals surface area (Å²) in [6.45, 7) is 4.64. The molecule has 0 radical (unpaired) electrons. The van der Waals surface area contributed by atoms with E-state index < -0.39 is 0 Å². The van der Waals surface area contributed by atoms with Gasteiger partial charge in [-0.2, -0.15) is 0 Å². The van der Waals surface area contributed by atoms with Gasteiger partial charge in [0.25, 0.3) is 11.5 Å². The largest absolute Gasteiger partial charge is 0.381 e. The average Bonchev–Trinajstić information content (AvgIpc) is 3.47. The van der Waals surface area contributed by atoms with Gasteiger partial charge in [0, 0.05) is 42.7 Å². The standard InChI is InChI=1S/C23H23N5O3S/c1-13-10-18-17(11-16(13)23(30)27-6-2-19-15(12-27)5-9-32-19)24-22(29)21-26-25-20(28(18)21)14-3-7-31-8-4-14/h5,9-11,14H,2-4,6-8,12H2,1H3,(H,24,29). The molecule has 32 heavy (non-hydrogen) atoms. The highest BCUT2D eigenvalue weighted by Crippen LogP contribution is 2.29. The van der Waals surface area contributed by atoms with Crippen LogP contribution in [0, 0.1) is 6.92 Å². The van der Waals surface area contributed by atoms with E-state index in [0.717, 1.165) is 36.2 Å². The van der Waals surface area contributed by atoms with Crippen LogP contribution in [0.1, 0.15) is 50.9 Å². The van der Waals surface area contributed by atoms with Crippen LogP contribution in [0.5, 0.6) is 0 Å². The first-order valence-electron chi connectivity index (χ1n) is 10.9. The Labute approximate surface area is 187 Å². The van der Waals surface area contributed by atoms with Crippen molar-refractivity contribution in [3.8, 4) is 0 Å². The van der Waals surface area contributed by atoms with E-state index in [2.05, 4.69) is 26.6 Å². The molecule has 1 saturated heterocycles. The maximum absolute atomic E-state index is 13.4. The number of amides is 1. The number of carbonyl (C=O) groups is 1. The van der Waals surface area contributed by atoms with E-state index in [4.69, 9.17) is 4.74 Å². The summed E-state index contributed by atoms with van der Waals surface area (Å²) in [5.41, 5.74) is 4.15. The van der Waals surface area contributed by atoms with Gasteiger partial charge in [-0.3, -0.25) is 14.0 Å². The third-order valence-electron chi connectivity index (χ3n) is 6.63. The number of nitrogens with one attached hydrogen (secondary N) is 1. The highest BCUT2D eigenvalue weighted by molar-refractivity contribution is 7.10. The third-order valence-corrected chi connectivity index (χ3v) is 7.66. The topological polar surface area (TPSA) is 92.6 Å². The van der Waals surface area contributed by atoms with Gasteiger partial charge in [0.15, 0.2) is 0 Å². The van der Waals surface area contributed by atoms with Gasteiger partial charge in [-0.15, -0.1) is 21.5 Å². The number of rotatable bonds is 2. The van der Waals surface area contributed by atoms with Crippen molar-refractivity contribution in [3.63, 3.8) is 0 Å². The van der Waals surface area contributed by atoms with Gasteiger partial charge in [0.05, 0.1) is 11.0 Å². The number of aromatic nitrogens is 4. The van der Waals surface area contributed by atoms with Crippen molar-refractivity contribution in [3.05, 3.63) is 61.3 Å². The van der Waals surface area contributed by atoms with Crippen LogP contribution in [-0.2, 0) is 17.7 Å². The number of hydrogen-bond acceptors (Lipinski definition) is 6. The van der Waals surface area contributed by atoms with E-state index in [1.807, 2.05) is 28.4 Å². The molecule has 164 valence electrons. The van der Waals surface area contributed by atoms with Crippen LogP contribution >= 0.6 is 11.3 Å². The molecule has 1 amide bonds. The Morgan fingerprint density at radius 2 is 2.09 bits per heavy atom. The quantitative estimate of drug-likeness (QED) is 0.508. The molecule has 3 aromatic heterocycles. The van der Waals surface area contributed by atoms with E-state index in [-0.39, 0.29) is 17.4 Å². The summed E-state index contributed by atoms with van der Waals surface area (Å²) in [7, 11) is 0. The number of benzene rings is 1. The number of fused-ring (bicyclic) bond motifs is 4. The van der Waals surface area contributed by atoms with Crippen molar-refractivity contribution in [1.82, 2.24) is 24.5 Å². The summed E-state index contributed by atoms with van der Waals surface area (Å²) in [4.78, 5) is 32.3. The second kappa shape index (κ2) is 7.53. The van der Waals surface area contributed by atoms with Crippen LogP contribution in [0.2, 0.25) is 0 Å². The number of aryl methyl sites for hydroxylation is 1. The number of nitrogens with zero attached hydrogens (tertiary/aromatic N) is 4. The number of H-pyrrole nitrogens is 1. The molecule has 1 N–H and O–H groups in total. The van der Waals surface area contributed by atoms with E-state index in [0.29, 0.717) is 43.0 Å². The first-order chi connectivity index (χ1) is 15.6. The number of carbonyl (C=O) groups excluding carboxylic acids is 1. The molecule has 2 aliphatic rings. The van der Waals surface area contributed by atoms with E-state index in [1.54, 1.807) is 11.3 Å². The zero-order chi connectivity index (χ0) is 21.8. The normalized spacial score (nSPS) is 17.2. The molecule has 4 aromatic rings. The molecule has 6 rings (SSSR count). The summed E-state index contributed by atoms with van der Waals surface area (Å²) in [6.07, 6.45) is 2.59. The zero-order valence-electron chi connectivity index (χ0n) is 17.8. The molecule has 1 aromatic carbocycles. The molecular weight excluding hydrogens is 426 g/mol. The predicted molar refractivity (Wildman–Crippen MR) is 121 cm³/mol. The second-order valence-corrected chi connectivity index (χ2v) is 9.59. The van der Waals surface area contributed by atoms with Crippen molar-refractivity contribution in [2.75, 3.05) is 19.8 Å². The summed E-state index contributed by atoms with van der Waals surface area (Å²) >= 11 is 1.76. The minimum absolute atomic E-state index is 0.00407. The molecule has 0 saturated carbocycles. The fourth-order valence-corrected chi connectivity index (χ4v) is 5.77. The number of ether oxygens (including phenoxy) is 1. The van der Waals surface area contributed by atoms with Gasteiger partial charge in [-0.05, 0) is 60.9 Å². The van der Waals surface area contributed by atoms with Crippen molar-refractivity contribution in [2.45, 2.75) is 38.6 Å². The number of aromatic amines is 1. The van der Waals surface area contributed by atoms with Gasteiger partial charge >= 0.3 is 0 Å². The van der Waals surface area contributed by atoms with Crippen LogP contribution in [0.25, 0.3) is 16.7 Å². The highest BCUT2D eigenvalue weighted by atomic mass is 32.1. The van der Waals surface area contributed by atoms with Gasteiger partial charge in [0.2, 0.25) is 5.65 Å².